The maximum absolute atomic E-state index is 2.62. The maximum atomic E-state index is 2.62. The summed E-state index contributed by atoms with van der Waals surface area (Å²) in [6.45, 7) is 15.6. The van der Waals surface area contributed by atoms with Crippen LogP contribution in [0.15, 0.2) is 60.7 Å². The third kappa shape index (κ3) is 3.11. The largest absolute Gasteiger partial charge is 0.0761 e. The number of hydrogen-bond acceptors (Lipinski definition) is 0. The summed E-state index contributed by atoms with van der Waals surface area (Å²) in [7, 11) is -2.89. The second-order valence-corrected chi connectivity index (χ2v) is 21.9. The van der Waals surface area contributed by atoms with Crippen LogP contribution in [0.5, 0.6) is 0 Å². The van der Waals surface area contributed by atoms with Gasteiger partial charge in [0.25, 0.3) is 0 Å². The molecular formula is C26H34Si2. The molecule has 0 aromatic heterocycles. The van der Waals surface area contributed by atoms with Gasteiger partial charge in [-0.3, -0.25) is 0 Å². The van der Waals surface area contributed by atoms with Crippen molar-refractivity contribution in [2.75, 3.05) is 0 Å². The standard InChI is InChI=1S/C26H34Si2/c1-27(2,3)19-26(28(4,5)6,24-17-15-20-11-7-9-13-22(20)24)25-18-16-21-12-8-10-14-23(21)25/h7-18,24-25H,19H2,1-6H3/t24-,25+,26?. The molecular weight excluding hydrogens is 368 g/mol. The van der Waals surface area contributed by atoms with Gasteiger partial charge in [-0.1, -0.05) is 118 Å². The SMILES string of the molecule is C[Si](C)(C)CC([C@@H]1C=Cc2ccccc21)([C@H]1C=Cc2ccccc21)[Si](C)(C)C. The van der Waals surface area contributed by atoms with Gasteiger partial charge in [0.2, 0.25) is 0 Å². The zero-order valence-corrected chi connectivity index (χ0v) is 20.3. The first-order chi connectivity index (χ1) is 13.1. The van der Waals surface area contributed by atoms with Crippen LogP contribution in [0.25, 0.3) is 12.2 Å². The van der Waals surface area contributed by atoms with Crippen LogP contribution in [0.1, 0.15) is 34.1 Å². The lowest BCUT2D eigenvalue weighted by atomic mass is 9.76. The third-order valence-corrected chi connectivity index (χ3v) is 12.5. The lowest BCUT2D eigenvalue weighted by molar-refractivity contribution is 0.478. The predicted octanol–water partition coefficient (Wildman–Crippen LogP) is 8.02. The summed E-state index contributed by atoms with van der Waals surface area (Å²) in [6, 6.07) is 19.6. The summed E-state index contributed by atoms with van der Waals surface area (Å²) < 4.78 is 0. The van der Waals surface area contributed by atoms with Gasteiger partial charge in [0.05, 0.1) is 8.07 Å². The minimum absolute atomic E-state index is 0.295. The molecule has 2 aromatic rings. The zero-order chi connectivity index (χ0) is 20.2. The van der Waals surface area contributed by atoms with E-state index in [1.54, 1.807) is 11.1 Å². The van der Waals surface area contributed by atoms with E-state index < -0.39 is 16.1 Å². The van der Waals surface area contributed by atoms with E-state index in [9.17, 15) is 0 Å². The number of benzene rings is 2. The van der Waals surface area contributed by atoms with Crippen LogP contribution in [0, 0.1) is 0 Å². The molecule has 2 aromatic carbocycles. The number of hydrogen-bond donors (Lipinski definition) is 0. The van der Waals surface area contributed by atoms with E-state index in [0.717, 1.165) is 0 Å². The Balaban J connectivity index is 1.97. The summed E-state index contributed by atoms with van der Waals surface area (Å²) in [6.07, 6.45) is 9.89. The van der Waals surface area contributed by atoms with Crippen LogP contribution in [-0.4, -0.2) is 16.1 Å². The molecule has 0 aliphatic heterocycles. The van der Waals surface area contributed by atoms with Gasteiger partial charge in [0.15, 0.2) is 0 Å². The van der Waals surface area contributed by atoms with Crippen molar-refractivity contribution < 1.29 is 0 Å². The van der Waals surface area contributed by atoms with Crippen molar-refractivity contribution in [1.82, 2.24) is 0 Å². The second-order valence-electron chi connectivity index (χ2n) is 11.0. The Hall–Kier alpha value is -1.65. The fourth-order valence-electron chi connectivity index (χ4n) is 5.89. The number of fused-ring (bicyclic) bond motifs is 2. The minimum atomic E-state index is -1.58. The Kier molecular flexibility index (Phi) is 4.71. The first kappa shape index (κ1) is 19.7. The Labute approximate surface area is 173 Å². The Morgan fingerprint density at radius 1 is 0.679 bits per heavy atom. The molecule has 0 radical (unpaired) electrons. The molecule has 0 saturated heterocycles. The van der Waals surface area contributed by atoms with E-state index in [0.29, 0.717) is 16.9 Å². The predicted molar refractivity (Wildman–Crippen MR) is 131 cm³/mol. The summed E-state index contributed by atoms with van der Waals surface area (Å²) in [5.74, 6) is 1.03. The first-order valence-corrected chi connectivity index (χ1v) is 17.9. The highest BCUT2D eigenvalue weighted by Crippen LogP contribution is 2.67. The Morgan fingerprint density at radius 2 is 1.11 bits per heavy atom. The summed E-state index contributed by atoms with van der Waals surface area (Å²) >= 11 is 0. The quantitative estimate of drug-likeness (QED) is 0.444. The van der Waals surface area contributed by atoms with E-state index in [2.05, 4.69) is 112 Å². The van der Waals surface area contributed by atoms with Gasteiger partial charge >= 0.3 is 0 Å². The van der Waals surface area contributed by atoms with Crippen molar-refractivity contribution in [3.8, 4) is 0 Å². The topological polar surface area (TPSA) is 0 Å². The summed E-state index contributed by atoms with van der Waals surface area (Å²) in [5, 5.41) is 0.295. The lowest BCUT2D eigenvalue weighted by Crippen LogP contribution is -2.50. The molecule has 28 heavy (non-hydrogen) atoms. The first-order valence-electron chi connectivity index (χ1n) is 10.7. The van der Waals surface area contributed by atoms with Crippen LogP contribution in [0.3, 0.4) is 0 Å². The van der Waals surface area contributed by atoms with Gasteiger partial charge in [0.1, 0.15) is 0 Å². The highest BCUT2D eigenvalue weighted by Gasteiger charge is 2.56. The van der Waals surface area contributed by atoms with Crippen LogP contribution in [-0.2, 0) is 0 Å². The third-order valence-electron chi connectivity index (χ3n) is 6.93. The molecule has 0 spiro atoms. The van der Waals surface area contributed by atoms with E-state index in [1.807, 2.05) is 0 Å². The molecule has 0 amide bonds. The number of rotatable bonds is 5. The molecule has 0 bridgehead atoms. The van der Waals surface area contributed by atoms with Crippen molar-refractivity contribution in [2.45, 2.75) is 62.2 Å². The highest BCUT2D eigenvalue weighted by atomic mass is 28.3. The number of allylic oxidation sites excluding steroid dienone is 2. The Morgan fingerprint density at radius 3 is 1.50 bits per heavy atom. The average Bonchev–Trinajstić information content (AvgIpc) is 3.23. The molecule has 0 N–H and O–H groups in total. The molecule has 2 aliphatic carbocycles. The summed E-state index contributed by atoms with van der Waals surface area (Å²) in [4.78, 5) is 0. The molecule has 0 nitrogen and oxygen atoms in total. The van der Waals surface area contributed by atoms with Gasteiger partial charge in [0, 0.05) is 19.9 Å². The van der Waals surface area contributed by atoms with Crippen molar-refractivity contribution in [3.05, 3.63) is 82.9 Å². The van der Waals surface area contributed by atoms with Crippen LogP contribution in [0.2, 0.25) is 50.4 Å². The Bertz CT molecular complexity index is 876. The van der Waals surface area contributed by atoms with Crippen molar-refractivity contribution in [1.29, 1.82) is 0 Å². The average molecular weight is 403 g/mol. The van der Waals surface area contributed by atoms with E-state index >= 15 is 0 Å². The van der Waals surface area contributed by atoms with Gasteiger partial charge in [-0.2, -0.15) is 0 Å². The second kappa shape index (κ2) is 6.71. The molecule has 4 rings (SSSR count). The van der Waals surface area contributed by atoms with Crippen molar-refractivity contribution >= 4 is 28.3 Å². The molecule has 2 aliphatic rings. The van der Waals surface area contributed by atoms with Crippen LogP contribution >= 0.6 is 0 Å². The summed E-state index contributed by atoms with van der Waals surface area (Å²) in [5.41, 5.74) is 5.98. The van der Waals surface area contributed by atoms with Crippen molar-refractivity contribution in [3.63, 3.8) is 0 Å². The van der Waals surface area contributed by atoms with E-state index in [-0.39, 0.29) is 0 Å². The fraction of sp³-hybridized carbons (Fsp3) is 0.385. The van der Waals surface area contributed by atoms with Gasteiger partial charge < -0.3 is 0 Å². The molecule has 0 fully saturated rings. The van der Waals surface area contributed by atoms with Crippen LogP contribution < -0.4 is 0 Å². The molecule has 146 valence electrons. The smallest absolute Gasteiger partial charge is 0.0525 e. The maximum Gasteiger partial charge on any atom is 0.0525 e. The minimum Gasteiger partial charge on any atom is -0.0761 e. The molecule has 3 atom stereocenters. The van der Waals surface area contributed by atoms with Gasteiger partial charge in [-0.05, 0) is 27.3 Å². The molecule has 0 saturated carbocycles. The monoisotopic (exact) mass is 402 g/mol. The molecule has 1 unspecified atom stereocenters. The van der Waals surface area contributed by atoms with E-state index in [1.165, 1.54) is 17.2 Å². The fourth-order valence-corrected chi connectivity index (χ4v) is 14.2. The normalized spacial score (nSPS) is 22.8. The molecule has 0 heterocycles. The van der Waals surface area contributed by atoms with Gasteiger partial charge in [-0.25, -0.2) is 0 Å². The van der Waals surface area contributed by atoms with Gasteiger partial charge in [-0.15, -0.1) is 0 Å². The lowest BCUT2D eigenvalue weighted by Gasteiger charge is -2.54. The highest BCUT2D eigenvalue weighted by molar-refractivity contribution is 6.84. The van der Waals surface area contributed by atoms with E-state index in [4.69, 9.17) is 0 Å². The molecule has 2 heteroatoms. The zero-order valence-electron chi connectivity index (χ0n) is 18.3. The van der Waals surface area contributed by atoms with Crippen LogP contribution in [0.4, 0.5) is 0 Å². The van der Waals surface area contributed by atoms with Crippen molar-refractivity contribution in [2.24, 2.45) is 0 Å².